The lowest BCUT2D eigenvalue weighted by Gasteiger charge is -2.35. The third-order valence-corrected chi connectivity index (χ3v) is 9.86. The van der Waals surface area contributed by atoms with Gasteiger partial charge >= 0.3 is 0 Å². The number of benzene rings is 1. The molecular formula is C27H36N6O4S. The number of hydrogen-bond donors (Lipinski definition) is 3. The van der Waals surface area contributed by atoms with Crippen molar-refractivity contribution in [2.75, 3.05) is 51.8 Å². The van der Waals surface area contributed by atoms with E-state index in [1.54, 1.807) is 24.3 Å². The van der Waals surface area contributed by atoms with Crippen molar-refractivity contribution >= 4 is 39.1 Å². The van der Waals surface area contributed by atoms with Gasteiger partial charge in [0.1, 0.15) is 5.82 Å². The maximum absolute atomic E-state index is 13.6. The summed E-state index contributed by atoms with van der Waals surface area (Å²) in [4.78, 5) is 27.4. The molecule has 1 aromatic carbocycles. The SMILES string of the molecule is Cc1cc(NC(=O)c2ccc(NS(=O)(=O)CCO)cc2N2CCC3(CC2)CC3)nc(N2CCC[C@@H]3CC32)n1. The number of aryl methyl sites for hydroxylation is 1. The Balaban J connectivity index is 1.26. The summed E-state index contributed by atoms with van der Waals surface area (Å²) in [7, 11) is -3.68. The summed E-state index contributed by atoms with van der Waals surface area (Å²) >= 11 is 0. The third-order valence-electron chi connectivity index (χ3n) is 8.60. The second kappa shape index (κ2) is 9.68. The molecule has 0 radical (unpaired) electrons. The number of amides is 1. The topological polar surface area (TPSA) is 128 Å². The molecule has 11 heteroatoms. The summed E-state index contributed by atoms with van der Waals surface area (Å²) in [5.74, 6) is 1.20. The van der Waals surface area contributed by atoms with Crippen LogP contribution < -0.4 is 19.8 Å². The Bertz CT molecular complexity index is 1340. The first-order chi connectivity index (χ1) is 18.2. The molecule has 1 unspecified atom stereocenters. The van der Waals surface area contributed by atoms with Crippen LogP contribution in [0.25, 0.3) is 0 Å². The van der Waals surface area contributed by atoms with Gasteiger partial charge in [0.2, 0.25) is 16.0 Å². The summed E-state index contributed by atoms with van der Waals surface area (Å²) in [6.45, 7) is 4.03. The van der Waals surface area contributed by atoms with Crippen molar-refractivity contribution in [3.8, 4) is 0 Å². The van der Waals surface area contributed by atoms with Gasteiger partial charge in [-0.1, -0.05) is 0 Å². The number of aliphatic hydroxyl groups is 1. The molecule has 38 heavy (non-hydrogen) atoms. The molecule has 1 spiro atoms. The van der Waals surface area contributed by atoms with Gasteiger partial charge in [-0.05, 0) is 81.4 Å². The summed E-state index contributed by atoms with van der Waals surface area (Å²) in [5, 5.41) is 12.1. The van der Waals surface area contributed by atoms with Gasteiger partial charge in [0, 0.05) is 37.4 Å². The lowest BCUT2D eigenvalue weighted by atomic mass is 9.93. The van der Waals surface area contributed by atoms with Crippen LogP contribution in [0.2, 0.25) is 0 Å². The standard InChI is InChI=1S/C27H36N6O4S/c1-18-15-24(30-26(28-18)33-10-2-3-19-16-22(19)33)29-25(35)21-5-4-20(31-38(36,37)14-13-34)17-23(21)32-11-8-27(6-7-27)9-12-32/h4-5,15,17,19,22,31,34H,2-3,6-14,16H2,1H3,(H,28,29,30,35)/t19-,22?/m1/s1. The van der Waals surface area contributed by atoms with E-state index in [1.165, 1.54) is 25.7 Å². The van der Waals surface area contributed by atoms with Crippen molar-refractivity contribution in [3.63, 3.8) is 0 Å². The van der Waals surface area contributed by atoms with Gasteiger partial charge in [0.05, 0.1) is 29.3 Å². The third kappa shape index (κ3) is 5.31. The van der Waals surface area contributed by atoms with Gasteiger partial charge in [-0.15, -0.1) is 0 Å². The van der Waals surface area contributed by atoms with Gasteiger partial charge in [-0.25, -0.2) is 13.4 Å². The number of carbonyl (C=O) groups is 1. The highest BCUT2D eigenvalue weighted by Gasteiger charge is 2.46. The van der Waals surface area contributed by atoms with Crippen molar-refractivity contribution in [2.45, 2.75) is 57.9 Å². The molecule has 2 aliphatic carbocycles. The van der Waals surface area contributed by atoms with Crippen molar-refractivity contribution < 1.29 is 18.3 Å². The van der Waals surface area contributed by atoms with E-state index in [0.29, 0.717) is 40.2 Å². The summed E-state index contributed by atoms with van der Waals surface area (Å²) < 4.78 is 27.1. The number of nitrogens with zero attached hydrogens (tertiary/aromatic N) is 4. The number of hydrogen-bond acceptors (Lipinski definition) is 8. The fourth-order valence-electron chi connectivity index (χ4n) is 6.09. The Hall–Kier alpha value is -2.92. The van der Waals surface area contributed by atoms with Crippen molar-refractivity contribution in [2.24, 2.45) is 11.3 Å². The number of nitrogens with one attached hydrogen (secondary N) is 2. The molecule has 3 N–H and O–H groups in total. The number of anilines is 4. The number of piperidine rings is 2. The predicted molar refractivity (Wildman–Crippen MR) is 147 cm³/mol. The second-order valence-electron chi connectivity index (χ2n) is 11.4. The van der Waals surface area contributed by atoms with E-state index in [4.69, 9.17) is 10.1 Å². The summed E-state index contributed by atoms with van der Waals surface area (Å²) in [6.07, 6.45) is 8.26. The van der Waals surface area contributed by atoms with Gasteiger partial charge in [-0.2, -0.15) is 4.98 Å². The molecule has 1 aromatic heterocycles. The normalized spacial score (nSPS) is 23.6. The fourth-order valence-corrected chi connectivity index (χ4v) is 6.92. The first-order valence-electron chi connectivity index (χ1n) is 13.7. The minimum Gasteiger partial charge on any atom is -0.395 e. The molecule has 10 nitrogen and oxygen atoms in total. The van der Waals surface area contributed by atoms with Gasteiger partial charge < -0.3 is 20.2 Å². The zero-order chi connectivity index (χ0) is 26.5. The molecule has 2 aliphatic heterocycles. The van der Waals surface area contributed by atoms with E-state index in [2.05, 4.69) is 24.8 Å². The van der Waals surface area contributed by atoms with Crippen LogP contribution >= 0.6 is 0 Å². The smallest absolute Gasteiger partial charge is 0.258 e. The number of sulfonamides is 1. The Kier molecular flexibility index (Phi) is 6.46. The van der Waals surface area contributed by atoms with Crippen molar-refractivity contribution in [1.82, 2.24) is 9.97 Å². The van der Waals surface area contributed by atoms with Crippen LogP contribution in [-0.4, -0.2) is 67.4 Å². The largest absolute Gasteiger partial charge is 0.395 e. The minimum absolute atomic E-state index is 0.288. The highest BCUT2D eigenvalue weighted by Crippen LogP contribution is 2.54. The number of rotatable bonds is 8. The zero-order valence-corrected chi connectivity index (χ0v) is 22.6. The quantitative estimate of drug-likeness (QED) is 0.466. The van der Waals surface area contributed by atoms with Crippen molar-refractivity contribution in [1.29, 1.82) is 0 Å². The average molecular weight is 541 g/mol. The molecule has 0 bridgehead atoms. The first kappa shape index (κ1) is 25.4. The second-order valence-corrected chi connectivity index (χ2v) is 13.3. The molecule has 204 valence electrons. The first-order valence-corrected chi connectivity index (χ1v) is 15.3. The highest BCUT2D eigenvalue weighted by atomic mass is 32.2. The molecular weight excluding hydrogens is 504 g/mol. The van der Waals surface area contributed by atoms with Crippen LogP contribution in [0.3, 0.4) is 0 Å². The average Bonchev–Trinajstić information content (AvgIpc) is 3.80. The van der Waals surface area contributed by atoms with Crippen LogP contribution in [-0.2, 0) is 10.0 Å². The van der Waals surface area contributed by atoms with E-state index in [0.717, 1.165) is 50.5 Å². The molecule has 6 rings (SSSR count). The van der Waals surface area contributed by atoms with Gasteiger partial charge in [-0.3, -0.25) is 9.52 Å². The van der Waals surface area contributed by atoms with E-state index in [9.17, 15) is 13.2 Å². The van der Waals surface area contributed by atoms with Crippen LogP contribution in [0.15, 0.2) is 24.3 Å². The molecule has 2 aromatic rings. The lowest BCUT2D eigenvalue weighted by molar-refractivity contribution is 0.102. The van der Waals surface area contributed by atoms with Gasteiger partial charge in [0.25, 0.3) is 5.91 Å². The lowest BCUT2D eigenvalue weighted by Crippen LogP contribution is -2.36. The monoisotopic (exact) mass is 540 g/mol. The number of fused-ring (bicyclic) bond motifs is 1. The molecule has 2 atom stereocenters. The zero-order valence-electron chi connectivity index (χ0n) is 21.8. The molecule has 1 amide bonds. The van der Waals surface area contributed by atoms with Crippen LogP contribution in [0.5, 0.6) is 0 Å². The Morgan fingerprint density at radius 3 is 2.66 bits per heavy atom. The molecule has 2 saturated carbocycles. The minimum atomic E-state index is -3.68. The highest BCUT2D eigenvalue weighted by molar-refractivity contribution is 7.92. The maximum Gasteiger partial charge on any atom is 0.258 e. The number of carbonyl (C=O) groups excluding carboxylic acids is 1. The Morgan fingerprint density at radius 1 is 1.13 bits per heavy atom. The molecule has 2 saturated heterocycles. The van der Waals surface area contributed by atoms with E-state index in [1.807, 2.05) is 6.92 Å². The van der Waals surface area contributed by atoms with E-state index >= 15 is 0 Å². The Labute approximate surface area is 223 Å². The van der Waals surface area contributed by atoms with E-state index < -0.39 is 16.6 Å². The van der Waals surface area contributed by atoms with Gasteiger partial charge in [0.15, 0.2) is 0 Å². The molecule has 4 aliphatic rings. The predicted octanol–water partition coefficient (Wildman–Crippen LogP) is 3.14. The summed E-state index contributed by atoms with van der Waals surface area (Å²) in [6, 6.07) is 7.28. The number of aliphatic hydroxyl groups excluding tert-OH is 1. The molecule has 4 fully saturated rings. The number of aromatic nitrogens is 2. The Morgan fingerprint density at radius 2 is 1.92 bits per heavy atom. The van der Waals surface area contributed by atoms with Crippen LogP contribution in [0.1, 0.15) is 61.0 Å². The summed E-state index contributed by atoms with van der Waals surface area (Å²) in [5.41, 5.74) is 2.81. The molecule has 3 heterocycles. The van der Waals surface area contributed by atoms with E-state index in [-0.39, 0.29) is 11.7 Å². The van der Waals surface area contributed by atoms with Crippen LogP contribution in [0.4, 0.5) is 23.1 Å². The van der Waals surface area contributed by atoms with Crippen LogP contribution in [0, 0.1) is 18.3 Å². The fraction of sp³-hybridized carbons (Fsp3) is 0.593. The van der Waals surface area contributed by atoms with Crippen molar-refractivity contribution in [3.05, 3.63) is 35.5 Å². The maximum atomic E-state index is 13.6.